The van der Waals surface area contributed by atoms with Crippen molar-refractivity contribution in [3.8, 4) is 0 Å². The van der Waals surface area contributed by atoms with Crippen LogP contribution in [-0.4, -0.2) is 138 Å². The van der Waals surface area contributed by atoms with Gasteiger partial charge in [-0.1, -0.05) is 86.0 Å². The Morgan fingerprint density at radius 1 is 0.571 bits per heavy atom. The third-order valence-corrected chi connectivity index (χ3v) is 9.32. The zero-order chi connectivity index (χ0) is 52.6. The molecule has 2 aromatic rings. The third kappa shape index (κ3) is 22.3. The van der Waals surface area contributed by atoms with E-state index in [0.29, 0.717) is 6.61 Å². The number of aliphatic hydroxyl groups excluding tert-OH is 2. The minimum atomic E-state index is -1.57. The van der Waals surface area contributed by atoms with Crippen molar-refractivity contribution < 1.29 is 105 Å². The van der Waals surface area contributed by atoms with E-state index in [0.717, 1.165) is 11.1 Å². The molecule has 22 nitrogen and oxygen atoms in total. The maximum atomic E-state index is 12.4. The second-order valence-corrected chi connectivity index (χ2v) is 16.1. The quantitative estimate of drug-likeness (QED) is 0.0929. The Kier molecular flexibility index (Phi) is 27.6. The van der Waals surface area contributed by atoms with Crippen LogP contribution in [0.25, 0.3) is 0 Å². The molecule has 4 rings (SSSR count). The van der Waals surface area contributed by atoms with Crippen molar-refractivity contribution in [3.05, 3.63) is 97.1 Å². The molecular weight excluding hydrogens is 929 g/mol. The highest BCUT2D eigenvalue weighted by Crippen LogP contribution is 2.26. The SMILES string of the molecule is C=CCOC(=O)C(C)(CO)COC(=O)OCC(C)(COC(=O)OCc1ccccc1)C(=O)OCC.C=CCOC(=O)C1(C)COC(=O)OC1.CCOC(=O)C1(C)COC(=O)OC1.OCc1ccccc1. The smallest absolute Gasteiger partial charge is 0.465 e. The zero-order valence-corrected chi connectivity index (χ0v) is 40.3. The first-order valence-corrected chi connectivity index (χ1v) is 21.6. The van der Waals surface area contributed by atoms with Gasteiger partial charge in [0.15, 0.2) is 0 Å². The Labute approximate surface area is 405 Å². The van der Waals surface area contributed by atoms with E-state index in [-0.39, 0.29) is 59.5 Å². The second-order valence-electron chi connectivity index (χ2n) is 16.1. The summed E-state index contributed by atoms with van der Waals surface area (Å²) in [6, 6.07) is 18.4. The van der Waals surface area contributed by atoms with Gasteiger partial charge in [0.05, 0.1) is 26.4 Å². The van der Waals surface area contributed by atoms with E-state index in [1.54, 1.807) is 52.0 Å². The molecule has 2 aliphatic rings. The predicted octanol–water partition coefficient (Wildman–Crippen LogP) is 5.58. The number of esters is 4. The Bertz CT molecular complexity index is 1970. The molecule has 22 heteroatoms. The molecule has 2 heterocycles. The summed E-state index contributed by atoms with van der Waals surface area (Å²) in [7, 11) is 0. The molecule has 0 aliphatic carbocycles. The highest BCUT2D eigenvalue weighted by Gasteiger charge is 2.43. The maximum Gasteiger partial charge on any atom is 0.508 e. The van der Waals surface area contributed by atoms with Crippen LogP contribution in [0.1, 0.15) is 52.7 Å². The fourth-order valence-electron chi connectivity index (χ4n) is 4.87. The summed E-state index contributed by atoms with van der Waals surface area (Å²) in [5.74, 6) is -2.43. The number of rotatable bonds is 20. The maximum absolute atomic E-state index is 12.4. The Morgan fingerprint density at radius 3 is 1.36 bits per heavy atom. The lowest BCUT2D eigenvalue weighted by atomic mass is 9.93. The van der Waals surface area contributed by atoms with Gasteiger partial charge in [0.25, 0.3) is 0 Å². The van der Waals surface area contributed by atoms with E-state index in [1.165, 1.54) is 26.0 Å². The molecule has 0 radical (unpaired) electrons. The molecule has 70 heavy (non-hydrogen) atoms. The molecule has 0 bridgehead atoms. The van der Waals surface area contributed by atoms with Crippen LogP contribution < -0.4 is 0 Å². The lowest BCUT2D eigenvalue weighted by Crippen LogP contribution is -2.44. The average Bonchev–Trinajstić information content (AvgIpc) is 3.37. The van der Waals surface area contributed by atoms with Crippen molar-refractivity contribution >= 4 is 48.5 Å². The van der Waals surface area contributed by atoms with Gasteiger partial charge in [-0.05, 0) is 52.7 Å². The number of hydrogen-bond acceptors (Lipinski definition) is 22. The Balaban J connectivity index is 0.000000562. The number of hydrogen-bond donors (Lipinski definition) is 2. The van der Waals surface area contributed by atoms with Gasteiger partial charge in [-0.25, -0.2) is 19.2 Å². The fraction of sp³-hybridized carbons (Fsp3) is 0.500. The fourth-order valence-corrected chi connectivity index (χ4v) is 4.87. The van der Waals surface area contributed by atoms with E-state index >= 15 is 0 Å². The second kappa shape index (κ2) is 31.8. The van der Waals surface area contributed by atoms with Crippen molar-refractivity contribution in [2.24, 2.45) is 21.7 Å². The van der Waals surface area contributed by atoms with Crippen molar-refractivity contribution in [1.29, 1.82) is 0 Å². The summed E-state index contributed by atoms with van der Waals surface area (Å²) < 4.78 is 57.9. The molecular formula is C48H64O22. The molecule has 2 N–H and O–H groups in total. The van der Waals surface area contributed by atoms with Gasteiger partial charge in [0.2, 0.25) is 0 Å². The van der Waals surface area contributed by atoms with Crippen LogP contribution in [0.15, 0.2) is 86.0 Å². The number of ether oxygens (including phenoxy) is 12. The molecule has 0 aromatic heterocycles. The van der Waals surface area contributed by atoms with Crippen LogP contribution >= 0.6 is 0 Å². The molecule has 0 amide bonds. The van der Waals surface area contributed by atoms with Crippen LogP contribution in [0.5, 0.6) is 0 Å². The third-order valence-electron chi connectivity index (χ3n) is 9.32. The van der Waals surface area contributed by atoms with Gasteiger partial charge in [0, 0.05) is 0 Å². The van der Waals surface area contributed by atoms with Crippen LogP contribution in [-0.2, 0) is 89.2 Å². The first-order valence-electron chi connectivity index (χ1n) is 21.6. The number of benzene rings is 2. The molecule has 2 saturated heterocycles. The molecule has 0 saturated carbocycles. The van der Waals surface area contributed by atoms with Crippen molar-refractivity contribution in [2.75, 3.05) is 79.3 Å². The van der Waals surface area contributed by atoms with Gasteiger partial charge in [-0.2, -0.15) is 0 Å². The number of aliphatic hydroxyl groups is 2. The van der Waals surface area contributed by atoms with E-state index in [9.17, 15) is 43.5 Å². The molecule has 0 spiro atoms. The molecule has 2 aliphatic heterocycles. The molecule has 2 aromatic carbocycles. The van der Waals surface area contributed by atoms with Gasteiger partial charge >= 0.3 is 48.5 Å². The van der Waals surface area contributed by atoms with E-state index in [2.05, 4.69) is 32.1 Å². The summed E-state index contributed by atoms with van der Waals surface area (Å²) >= 11 is 0. The van der Waals surface area contributed by atoms with Gasteiger partial charge < -0.3 is 67.1 Å². The monoisotopic (exact) mass is 992 g/mol. The highest BCUT2D eigenvalue weighted by atomic mass is 16.8. The topological polar surface area (TPSA) is 288 Å². The van der Waals surface area contributed by atoms with Crippen molar-refractivity contribution in [3.63, 3.8) is 0 Å². The molecule has 2 unspecified atom stereocenters. The lowest BCUT2D eigenvalue weighted by molar-refractivity contribution is -0.166. The largest absolute Gasteiger partial charge is 0.508 e. The van der Waals surface area contributed by atoms with Gasteiger partial charge in [0.1, 0.15) is 87.7 Å². The molecule has 388 valence electrons. The van der Waals surface area contributed by atoms with E-state index < -0.39 is 96.6 Å². The predicted molar refractivity (Wildman–Crippen MR) is 242 cm³/mol. The van der Waals surface area contributed by atoms with Gasteiger partial charge in [-0.3, -0.25) is 19.2 Å². The van der Waals surface area contributed by atoms with E-state index in [4.69, 9.17) is 43.0 Å². The van der Waals surface area contributed by atoms with Crippen LogP contribution in [0.4, 0.5) is 19.2 Å². The lowest BCUT2D eigenvalue weighted by Gasteiger charge is -2.29. The van der Waals surface area contributed by atoms with Crippen molar-refractivity contribution in [1.82, 2.24) is 0 Å². The first kappa shape index (κ1) is 60.8. The highest BCUT2D eigenvalue weighted by molar-refractivity contribution is 5.80. The minimum absolute atomic E-state index is 0.0121. The normalized spacial score (nSPS) is 15.5. The number of carbonyl (C=O) groups is 8. The first-order chi connectivity index (χ1) is 33.2. The van der Waals surface area contributed by atoms with Gasteiger partial charge in [-0.15, -0.1) is 0 Å². The summed E-state index contributed by atoms with van der Waals surface area (Å²) in [6.45, 7) is 14.4. The summed E-state index contributed by atoms with van der Waals surface area (Å²) in [6.07, 6.45) is -0.912. The van der Waals surface area contributed by atoms with Crippen molar-refractivity contribution in [2.45, 2.75) is 54.8 Å². The zero-order valence-electron chi connectivity index (χ0n) is 40.3. The Hall–Kier alpha value is -7.20. The standard InChI is InChI=1S/C24H32O11.C9H12O5.C8H12O5.C7H8O/c1-5-12-31-19(26)23(3,14-25)15-33-22(29)35-17-24(4,20(27)30-6-2)16-34-21(28)32-13-18-10-8-7-9-11-18;1-3-4-12-7(10)9(2)5-13-8(11)14-6-9;1-3-11-6(9)8(2)4-12-7(10)13-5-8;8-6-7-4-2-1-3-5-7/h5,7-11,25H,1,6,12-17H2,2-4H3;3H,1,4-6H2,2H3;3-5H2,1-2H3;1-5,8H,6H2. The number of carbonyl (C=O) groups excluding carboxylic acids is 8. The minimum Gasteiger partial charge on any atom is -0.465 e. The summed E-state index contributed by atoms with van der Waals surface area (Å²) in [5, 5.41) is 18.1. The number of cyclic esters (lactones) is 4. The van der Waals surface area contributed by atoms with E-state index in [1.807, 2.05) is 36.4 Å². The average molecular weight is 993 g/mol. The summed E-state index contributed by atoms with van der Waals surface area (Å²) in [5.41, 5.74) is -3.15. The molecule has 2 fully saturated rings. The summed E-state index contributed by atoms with van der Waals surface area (Å²) in [4.78, 5) is 92.4. The van der Waals surface area contributed by atoms with Crippen LogP contribution in [0.3, 0.4) is 0 Å². The molecule has 2 atom stereocenters. The van der Waals surface area contributed by atoms with Crippen LogP contribution in [0.2, 0.25) is 0 Å². The Morgan fingerprint density at radius 2 is 0.957 bits per heavy atom. The van der Waals surface area contributed by atoms with Crippen LogP contribution in [0, 0.1) is 21.7 Å².